The van der Waals surface area contributed by atoms with Crippen LogP contribution in [0.2, 0.25) is 0 Å². The molecule has 5 nitrogen and oxygen atoms in total. The summed E-state index contributed by atoms with van der Waals surface area (Å²) in [6.07, 6.45) is 0.375. The van der Waals surface area contributed by atoms with E-state index in [-0.39, 0.29) is 18.2 Å². The number of hydrogen-bond acceptors (Lipinski definition) is 4. The van der Waals surface area contributed by atoms with Gasteiger partial charge in [0.25, 0.3) is 0 Å². The molecular formula is C15H18N2O3. The molecule has 1 N–H and O–H groups in total. The lowest BCUT2D eigenvalue weighted by Gasteiger charge is -2.13. The Morgan fingerprint density at radius 1 is 1.30 bits per heavy atom. The van der Waals surface area contributed by atoms with Gasteiger partial charge in [-0.2, -0.15) is 0 Å². The van der Waals surface area contributed by atoms with Crippen molar-refractivity contribution in [1.29, 1.82) is 0 Å². The van der Waals surface area contributed by atoms with E-state index in [4.69, 9.17) is 4.42 Å². The van der Waals surface area contributed by atoms with E-state index in [9.17, 15) is 9.59 Å². The molecule has 1 aromatic heterocycles. The molecular weight excluding hydrogens is 256 g/mol. The van der Waals surface area contributed by atoms with Crippen molar-refractivity contribution in [1.82, 2.24) is 10.2 Å². The zero-order chi connectivity index (χ0) is 14.5. The molecule has 0 saturated carbocycles. The van der Waals surface area contributed by atoms with Gasteiger partial charge in [-0.05, 0) is 19.2 Å². The molecule has 0 aliphatic carbocycles. The second-order valence-electron chi connectivity index (χ2n) is 4.73. The Bertz CT molecular complexity index is 585. The predicted molar refractivity (Wildman–Crippen MR) is 76.7 cm³/mol. The van der Waals surface area contributed by atoms with E-state index in [1.54, 1.807) is 13.1 Å². The molecule has 0 radical (unpaired) electrons. The number of likely N-dealkylation sites (N-methyl/N-ethyl adjacent to an activating group) is 1. The quantitative estimate of drug-likeness (QED) is 0.814. The number of amides is 1. The number of furan rings is 1. The second kappa shape index (κ2) is 6.34. The highest BCUT2D eigenvalue weighted by Gasteiger charge is 2.14. The summed E-state index contributed by atoms with van der Waals surface area (Å²) in [5, 5.41) is 3.47. The summed E-state index contributed by atoms with van der Waals surface area (Å²) in [5.74, 6) is 0.242. The summed E-state index contributed by atoms with van der Waals surface area (Å²) >= 11 is 0. The first-order chi connectivity index (χ1) is 9.60. The Labute approximate surface area is 117 Å². The van der Waals surface area contributed by atoms with Gasteiger partial charge in [-0.1, -0.05) is 18.2 Å². The number of carbonyl (C=O) groups excluding carboxylic acids is 2. The van der Waals surface area contributed by atoms with Crippen molar-refractivity contribution in [3.05, 3.63) is 36.1 Å². The molecule has 106 valence electrons. The maximum Gasteiger partial charge on any atom is 0.221 e. The molecule has 0 spiro atoms. The Morgan fingerprint density at radius 3 is 2.75 bits per heavy atom. The lowest BCUT2D eigenvalue weighted by atomic mass is 10.2. The molecule has 1 heterocycles. The highest BCUT2D eigenvalue weighted by Crippen LogP contribution is 2.19. The Morgan fingerprint density at radius 2 is 2.05 bits per heavy atom. The van der Waals surface area contributed by atoms with Gasteiger partial charge < -0.3 is 9.73 Å². The number of Topliss-reactive ketones (excluding diaryl/α,β-unsaturated/α-hetero) is 1. The molecule has 0 unspecified atom stereocenters. The number of fused-ring (bicyclic) bond motifs is 1. The summed E-state index contributed by atoms with van der Waals surface area (Å²) in [6.45, 7) is 0.766. The predicted octanol–water partition coefficient (Wildman–Crippen LogP) is 1.68. The number of ketones is 1. The number of benzene rings is 1. The summed E-state index contributed by atoms with van der Waals surface area (Å²) in [6, 6.07) is 9.27. The number of hydrogen-bond donors (Lipinski definition) is 1. The fourth-order valence-electron chi connectivity index (χ4n) is 1.94. The highest BCUT2D eigenvalue weighted by atomic mass is 16.3. The average molecular weight is 274 g/mol. The van der Waals surface area contributed by atoms with E-state index in [2.05, 4.69) is 5.32 Å². The van der Waals surface area contributed by atoms with Gasteiger partial charge in [-0.25, -0.2) is 0 Å². The molecule has 20 heavy (non-hydrogen) atoms. The minimum atomic E-state index is -0.0828. The maximum atomic E-state index is 12.1. The van der Waals surface area contributed by atoms with Gasteiger partial charge in [-0.15, -0.1) is 0 Å². The third-order valence-corrected chi connectivity index (χ3v) is 3.11. The van der Waals surface area contributed by atoms with Crippen LogP contribution in [-0.2, 0) is 4.79 Å². The van der Waals surface area contributed by atoms with Crippen LogP contribution in [0.1, 0.15) is 17.0 Å². The fourth-order valence-corrected chi connectivity index (χ4v) is 1.94. The standard InChI is InChI=1S/C15H18N2O3/c1-16-15(19)7-8-17(2)10-12(18)14-9-11-5-3-4-6-13(11)20-14/h3-6,9H,7-8,10H2,1-2H3,(H,16,19). The molecule has 5 heteroatoms. The third kappa shape index (κ3) is 3.45. The van der Waals surface area contributed by atoms with Crippen LogP contribution >= 0.6 is 0 Å². The van der Waals surface area contributed by atoms with E-state index in [0.29, 0.717) is 24.3 Å². The monoisotopic (exact) mass is 274 g/mol. The van der Waals surface area contributed by atoms with Crippen molar-refractivity contribution in [2.24, 2.45) is 0 Å². The first kappa shape index (κ1) is 14.3. The van der Waals surface area contributed by atoms with Crippen LogP contribution in [0.25, 0.3) is 11.0 Å². The van der Waals surface area contributed by atoms with Crippen LogP contribution in [0.5, 0.6) is 0 Å². The van der Waals surface area contributed by atoms with Crippen LogP contribution in [0.3, 0.4) is 0 Å². The Kier molecular flexibility index (Phi) is 4.53. The van der Waals surface area contributed by atoms with Gasteiger partial charge in [0, 0.05) is 25.4 Å². The molecule has 0 bridgehead atoms. The molecule has 2 aromatic rings. The average Bonchev–Trinajstić information content (AvgIpc) is 2.88. The van der Waals surface area contributed by atoms with Crippen LogP contribution in [-0.4, -0.2) is 43.8 Å². The Balaban J connectivity index is 1.95. The summed E-state index contributed by atoms with van der Waals surface area (Å²) in [5.41, 5.74) is 0.712. The minimum Gasteiger partial charge on any atom is -0.453 e. The normalized spacial score (nSPS) is 10.9. The second-order valence-corrected chi connectivity index (χ2v) is 4.73. The van der Waals surface area contributed by atoms with Crippen molar-refractivity contribution in [3.63, 3.8) is 0 Å². The van der Waals surface area contributed by atoms with Crippen LogP contribution in [0, 0.1) is 0 Å². The smallest absolute Gasteiger partial charge is 0.221 e. The first-order valence-corrected chi connectivity index (χ1v) is 6.51. The van der Waals surface area contributed by atoms with Crippen molar-refractivity contribution < 1.29 is 14.0 Å². The van der Waals surface area contributed by atoms with Gasteiger partial charge in [0.2, 0.25) is 11.7 Å². The molecule has 2 rings (SSSR count). The van der Waals surface area contributed by atoms with Gasteiger partial charge in [-0.3, -0.25) is 14.5 Å². The van der Waals surface area contributed by atoms with Gasteiger partial charge in [0.1, 0.15) is 5.58 Å². The van der Waals surface area contributed by atoms with Crippen molar-refractivity contribution in [2.75, 3.05) is 27.2 Å². The zero-order valence-corrected chi connectivity index (χ0v) is 11.7. The summed E-state index contributed by atoms with van der Waals surface area (Å²) in [4.78, 5) is 25.1. The SMILES string of the molecule is CNC(=O)CCN(C)CC(=O)c1cc2ccccc2o1. The minimum absolute atomic E-state index is 0.0342. The zero-order valence-electron chi connectivity index (χ0n) is 11.7. The van der Waals surface area contributed by atoms with Gasteiger partial charge in [0.05, 0.1) is 6.54 Å². The fraction of sp³-hybridized carbons (Fsp3) is 0.333. The highest BCUT2D eigenvalue weighted by molar-refractivity contribution is 5.98. The molecule has 0 atom stereocenters. The largest absolute Gasteiger partial charge is 0.453 e. The summed E-state index contributed by atoms with van der Waals surface area (Å²) < 4.78 is 5.52. The van der Waals surface area contributed by atoms with Crippen LogP contribution in [0.4, 0.5) is 0 Å². The maximum absolute atomic E-state index is 12.1. The van der Waals surface area contributed by atoms with Gasteiger partial charge in [0.15, 0.2) is 5.76 Å². The van der Waals surface area contributed by atoms with Crippen molar-refractivity contribution >= 4 is 22.7 Å². The topological polar surface area (TPSA) is 62.6 Å². The van der Waals surface area contributed by atoms with Crippen molar-refractivity contribution in [3.8, 4) is 0 Å². The molecule has 1 aromatic carbocycles. The number of rotatable bonds is 6. The molecule has 0 aliphatic heterocycles. The van der Waals surface area contributed by atoms with Crippen LogP contribution < -0.4 is 5.32 Å². The summed E-state index contributed by atoms with van der Waals surface area (Å²) in [7, 11) is 3.41. The number of para-hydroxylation sites is 1. The molecule has 0 fully saturated rings. The first-order valence-electron chi connectivity index (χ1n) is 6.51. The molecule has 0 saturated heterocycles. The van der Waals surface area contributed by atoms with E-state index < -0.39 is 0 Å². The molecule has 0 aliphatic rings. The Hall–Kier alpha value is -2.14. The van der Waals surface area contributed by atoms with E-state index in [0.717, 1.165) is 5.39 Å². The van der Waals surface area contributed by atoms with Crippen molar-refractivity contribution in [2.45, 2.75) is 6.42 Å². The van der Waals surface area contributed by atoms with E-state index >= 15 is 0 Å². The number of nitrogens with one attached hydrogen (secondary N) is 1. The lowest BCUT2D eigenvalue weighted by Crippen LogP contribution is -2.30. The molecule has 1 amide bonds. The van der Waals surface area contributed by atoms with Crippen LogP contribution in [0.15, 0.2) is 34.7 Å². The third-order valence-electron chi connectivity index (χ3n) is 3.11. The van der Waals surface area contributed by atoms with E-state index in [1.807, 2.05) is 36.2 Å². The number of nitrogens with zero attached hydrogens (tertiary/aromatic N) is 1. The van der Waals surface area contributed by atoms with E-state index in [1.165, 1.54) is 0 Å². The lowest BCUT2D eigenvalue weighted by molar-refractivity contribution is -0.120. The number of carbonyl (C=O) groups is 2. The van der Waals surface area contributed by atoms with Gasteiger partial charge >= 0.3 is 0 Å².